The molecule has 11 heteroatoms. The Kier molecular flexibility index (Phi) is 7.56. The number of nitrogens with zero attached hydrogens (tertiary/aromatic N) is 6. The van der Waals surface area contributed by atoms with Gasteiger partial charge in [-0.05, 0) is 57.6 Å². The Bertz CT molecular complexity index is 1610. The van der Waals surface area contributed by atoms with Gasteiger partial charge < -0.3 is 20.9 Å². The van der Waals surface area contributed by atoms with Crippen molar-refractivity contribution in [3.05, 3.63) is 84.0 Å². The number of carbonyl (C=O) groups is 2. The van der Waals surface area contributed by atoms with E-state index in [4.69, 9.17) is 10.7 Å². The van der Waals surface area contributed by atoms with Crippen molar-refractivity contribution in [1.82, 2.24) is 29.2 Å². The number of likely N-dealkylation sites (N-methyl/N-ethyl adjacent to an activating group) is 1. The van der Waals surface area contributed by atoms with Crippen molar-refractivity contribution >= 4 is 28.8 Å². The number of imidazole rings is 1. The number of benzene rings is 1. The number of fused-ring (bicyclic) bond motifs is 1. The maximum atomic E-state index is 14.0. The van der Waals surface area contributed by atoms with Crippen molar-refractivity contribution in [2.45, 2.75) is 25.8 Å². The average Bonchev–Trinajstić information content (AvgIpc) is 3.56. The van der Waals surface area contributed by atoms with Crippen LogP contribution in [0, 0.1) is 12.7 Å². The molecule has 1 atom stereocenters. The van der Waals surface area contributed by atoms with Crippen molar-refractivity contribution in [3.63, 3.8) is 0 Å². The van der Waals surface area contributed by atoms with E-state index in [0.717, 1.165) is 12.8 Å². The second-order valence-corrected chi connectivity index (χ2v) is 10.1. The Morgan fingerprint density at radius 2 is 2.08 bits per heavy atom. The zero-order valence-electron chi connectivity index (χ0n) is 22.6. The van der Waals surface area contributed by atoms with E-state index < -0.39 is 11.7 Å². The standard InChI is InChI=1S/C29H31FN8O2/c1-18-8-9-21(15-22(18)30)34-29(40)20-14-19(16-32-17-20)25-26-27(31)33-10-13-38(26)28(35-25)23-6-4-12-37(23)24(39)7-5-11-36(2)3/h5,7-10,13-17,23H,4,6,11-12H2,1-3H3,(H2,31,33)(H,34,40)/b7-5+/t23-/m0/s1. The van der Waals surface area contributed by atoms with E-state index in [1.807, 2.05) is 34.4 Å². The van der Waals surface area contributed by atoms with Crippen LogP contribution in [0.15, 0.2) is 61.2 Å². The van der Waals surface area contributed by atoms with E-state index in [-0.39, 0.29) is 23.3 Å². The summed E-state index contributed by atoms with van der Waals surface area (Å²) in [4.78, 5) is 43.3. The summed E-state index contributed by atoms with van der Waals surface area (Å²) in [7, 11) is 3.89. The summed E-state index contributed by atoms with van der Waals surface area (Å²) >= 11 is 0. The summed E-state index contributed by atoms with van der Waals surface area (Å²) in [5, 5.41) is 2.71. The highest BCUT2D eigenvalue weighted by Gasteiger charge is 2.33. The van der Waals surface area contributed by atoms with Gasteiger partial charge in [0.1, 0.15) is 28.7 Å². The summed E-state index contributed by atoms with van der Waals surface area (Å²) in [5.41, 5.74) is 9.06. The van der Waals surface area contributed by atoms with E-state index in [9.17, 15) is 14.0 Å². The van der Waals surface area contributed by atoms with E-state index in [1.165, 1.54) is 12.3 Å². The molecule has 1 fully saturated rings. The number of carbonyl (C=O) groups excluding carboxylic acids is 2. The molecule has 3 N–H and O–H groups in total. The van der Waals surface area contributed by atoms with Gasteiger partial charge >= 0.3 is 0 Å². The summed E-state index contributed by atoms with van der Waals surface area (Å²) in [6.45, 7) is 2.94. The van der Waals surface area contributed by atoms with Gasteiger partial charge in [0.05, 0.1) is 11.6 Å². The Morgan fingerprint density at radius 1 is 1.25 bits per heavy atom. The van der Waals surface area contributed by atoms with Gasteiger partial charge in [-0.15, -0.1) is 0 Å². The molecule has 1 saturated heterocycles. The van der Waals surface area contributed by atoms with Crippen molar-refractivity contribution in [2.75, 3.05) is 38.2 Å². The summed E-state index contributed by atoms with van der Waals surface area (Å²) in [6.07, 6.45) is 11.5. The first kappa shape index (κ1) is 26.9. The molecule has 5 rings (SSSR count). The predicted molar refractivity (Wildman–Crippen MR) is 151 cm³/mol. The van der Waals surface area contributed by atoms with Crippen LogP contribution in [-0.4, -0.2) is 68.2 Å². The first-order valence-corrected chi connectivity index (χ1v) is 13.0. The number of nitrogen functional groups attached to an aromatic ring is 1. The molecule has 206 valence electrons. The number of hydrogen-bond donors (Lipinski definition) is 2. The fourth-order valence-electron chi connectivity index (χ4n) is 4.85. The minimum atomic E-state index is -0.440. The molecule has 0 bridgehead atoms. The van der Waals surface area contributed by atoms with Gasteiger partial charge in [0, 0.05) is 55.2 Å². The molecule has 3 aromatic heterocycles. The zero-order valence-corrected chi connectivity index (χ0v) is 22.6. The lowest BCUT2D eigenvalue weighted by atomic mass is 10.1. The summed E-state index contributed by atoms with van der Waals surface area (Å²) < 4.78 is 15.8. The molecule has 1 aliphatic heterocycles. The molecule has 10 nitrogen and oxygen atoms in total. The fraction of sp³-hybridized carbons (Fsp3) is 0.276. The third-order valence-corrected chi connectivity index (χ3v) is 6.88. The van der Waals surface area contributed by atoms with Crippen LogP contribution in [0.5, 0.6) is 0 Å². The topological polar surface area (TPSA) is 122 Å². The minimum Gasteiger partial charge on any atom is -0.382 e. The number of nitrogens with two attached hydrogens (primary N) is 1. The van der Waals surface area contributed by atoms with Gasteiger partial charge in [-0.3, -0.25) is 19.0 Å². The normalized spacial score (nSPS) is 15.4. The van der Waals surface area contributed by atoms with Crippen molar-refractivity contribution in [1.29, 1.82) is 0 Å². The number of aryl methyl sites for hydroxylation is 1. The van der Waals surface area contributed by atoms with Gasteiger partial charge in [0.2, 0.25) is 5.91 Å². The molecular weight excluding hydrogens is 511 g/mol. The van der Waals surface area contributed by atoms with Crippen molar-refractivity contribution in [2.24, 2.45) is 0 Å². The SMILES string of the molecule is Cc1ccc(NC(=O)c2cncc(-c3nc([C@@H]4CCCN4C(=O)/C=C/CN(C)C)n4ccnc(N)c34)c2)cc1F. The number of anilines is 2. The second kappa shape index (κ2) is 11.2. The quantitative estimate of drug-likeness (QED) is 0.340. The number of hydrogen-bond acceptors (Lipinski definition) is 7. The number of aromatic nitrogens is 4. The maximum absolute atomic E-state index is 14.0. The molecule has 0 aliphatic carbocycles. The predicted octanol–water partition coefficient (Wildman–Crippen LogP) is 3.85. The van der Waals surface area contributed by atoms with Gasteiger partial charge in [-0.2, -0.15) is 0 Å². The summed E-state index contributed by atoms with van der Waals surface area (Å²) in [5.74, 6) is 0.0123. The van der Waals surface area contributed by atoms with Crippen LogP contribution < -0.4 is 11.1 Å². The number of rotatable bonds is 7. The molecule has 1 aromatic carbocycles. The van der Waals surface area contributed by atoms with E-state index in [2.05, 4.69) is 15.3 Å². The van der Waals surface area contributed by atoms with Gasteiger partial charge in [0.15, 0.2) is 0 Å². The number of halogens is 1. The highest BCUT2D eigenvalue weighted by atomic mass is 19.1. The average molecular weight is 543 g/mol. The second-order valence-electron chi connectivity index (χ2n) is 10.1. The van der Waals surface area contributed by atoms with Crippen LogP contribution in [0.3, 0.4) is 0 Å². The van der Waals surface area contributed by atoms with Crippen LogP contribution >= 0.6 is 0 Å². The number of likely N-dealkylation sites (tertiary alicyclic amines) is 1. The van der Waals surface area contributed by atoms with Crippen LogP contribution in [0.25, 0.3) is 16.8 Å². The largest absolute Gasteiger partial charge is 0.382 e. The molecule has 0 spiro atoms. The Labute approximate surface area is 231 Å². The fourth-order valence-corrected chi connectivity index (χ4v) is 4.85. The molecule has 2 amide bonds. The molecule has 40 heavy (non-hydrogen) atoms. The minimum absolute atomic E-state index is 0.0717. The number of amides is 2. The molecular formula is C29H31FN8O2. The first-order chi connectivity index (χ1) is 19.2. The van der Waals surface area contributed by atoms with Crippen LogP contribution in [0.2, 0.25) is 0 Å². The first-order valence-electron chi connectivity index (χ1n) is 13.0. The number of pyridine rings is 1. The molecule has 1 aliphatic rings. The molecule has 0 unspecified atom stereocenters. The van der Waals surface area contributed by atoms with E-state index in [0.29, 0.717) is 46.9 Å². The van der Waals surface area contributed by atoms with Gasteiger partial charge in [-0.1, -0.05) is 12.1 Å². The smallest absolute Gasteiger partial charge is 0.257 e. The monoisotopic (exact) mass is 542 g/mol. The molecule has 0 radical (unpaired) electrons. The van der Waals surface area contributed by atoms with Crippen LogP contribution in [-0.2, 0) is 4.79 Å². The Hall–Kier alpha value is -4.64. The third kappa shape index (κ3) is 5.41. The third-order valence-electron chi connectivity index (χ3n) is 6.88. The Balaban J connectivity index is 1.49. The zero-order chi connectivity index (χ0) is 28.4. The number of nitrogens with one attached hydrogen (secondary N) is 1. The van der Waals surface area contributed by atoms with Crippen LogP contribution in [0.1, 0.15) is 40.6 Å². The lowest BCUT2D eigenvalue weighted by molar-refractivity contribution is -0.127. The lowest BCUT2D eigenvalue weighted by Crippen LogP contribution is -2.30. The summed E-state index contributed by atoms with van der Waals surface area (Å²) in [6, 6.07) is 5.92. The maximum Gasteiger partial charge on any atom is 0.257 e. The molecule has 4 aromatic rings. The van der Waals surface area contributed by atoms with Gasteiger partial charge in [0.25, 0.3) is 5.91 Å². The van der Waals surface area contributed by atoms with E-state index in [1.54, 1.807) is 49.8 Å². The van der Waals surface area contributed by atoms with E-state index >= 15 is 0 Å². The van der Waals surface area contributed by atoms with Gasteiger partial charge in [-0.25, -0.2) is 14.4 Å². The Morgan fingerprint density at radius 3 is 2.85 bits per heavy atom. The lowest BCUT2D eigenvalue weighted by Gasteiger charge is -2.22. The van der Waals surface area contributed by atoms with Crippen molar-refractivity contribution in [3.8, 4) is 11.3 Å². The molecule has 0 saturated carbocycles. The van der Waals surface area contributed by atoms with Crippen LogP contribution in [0.4, 0.5) is 15.9 Å². The molecule has 4 heterocycles. The highest BCUT2D eigenvalue weighted by molar-refractivity contribution is 6.05. The van der Waals surface area contributed by atoms with Crippen molar-refractivity contribution < 1.29 is 14.0 Å². The highest BCUT2D eigenvalue weighted by Crippen LogP contribution is 2.36.